The van der Waals surface area contributed by atoms with Crippen LogP contribution in [0.3, 0.4) is 0 Å². The van der Waals surface area contributed by atoms with Gasteiger partial charge >= 0.3 is 6.03 Å². The van der Waals surface area contributed by atoms with Gasteiger partial charge in [0.15, 0.2) is 0 Å². The summed E-state index contributed by atoms with van der Waals surface area (Å²) < 4.78 is 0. The molecule has 1 saturated carbocycles. The molecule has 3 nitrogen and oxygen atoms in total. The summed E-state index contributed by atoms with van der Waals surface area (Å²) in [6, 6.07) is 8.86. The van der Waals surface area contributed by atoms with Gasteiger partial charge < -0.3 is 10.2 Å². The van der Waals surface area contributed by atoms with Gasteiger partial charge in [-0.15, -0.1) is 0 Å². The average molecular weight is 274 g/mol. The lowest BCUT2D eigenvalue weighted by atomic mass is 9.95. The summed E-state index contributed by atoms with van der Waals surface area (Å²) in [7, 11) is 1.93. The number of rotatable bonds is 4. The second-order valence-corrected chi connectivity index (χ2v) is 5.81. The Morgan fingerprint density at radius 1 is 1.25 bits per heavy atom. The molecule has 1 N–H and O–H groups in total. The third kappa shape index (κ3) is 3.99. The lowest BCUT2D eigenvalue weighted by molar-refractivity contribution is 0.174. The molecule has 20 heavy (non-hydrogen) atoms. The third-order valence-electron chi connectivity index (χ3n) is 4.37. The van der Waals surface area contributed by atoms with Crippen LogP contribution in [0.5, 0.6) is 0 Å². The molecule has 0 bridgehead atoms. The van der Waals surface area contributed by atoms with Crippen LogP contribution >= 0.6 is 0 Å². The fourth-order valence-corrected chi connectivity index (χ4v) is 2.95. The molecule has 2 rings (SSSR count). The van der Waals surface area contributed by atoms with E-state index in [1.54, 1.807) is 0 Å². The van der Waals surface area contributed by atoms with Crippen molar-refractivity contribution < 1.29 is 4.79 Å². The summed E-state index contributed by atoms with van der Waals surface area (Å²) in [6.07, 6.45) is 7.04. The maximum atomic E-state index is 12.1. The van der Waals surface area contributed by atoms with Crippen LogP contribution in [0.1, 0.15) is 43.2 Å². The molecule has 1 aromatic rings. The van der Waals surface area contributed by atoms with Crippen LogP contribution in [0.15, 0.2) is 24.3 Å². The molecule has 0 unspecified atom stereocenters. The molecule has 1 aliphatic carbocycles. The van der Waals surface area contributed by atoms with Crippen LogP contribution < -0.4 is 5.32 Å². The van der Waals surface area contributed by atoms with Crippen molar-refractivity contribution >= 4 is 6.03 Å². The van der Waals surface area contributed by atoms with Crippen molar-refractivity contribution in [3.63, 3.8) is 0 Å². The van der Waals surface area contributed by atoms with Gasteiger partial charge in [-0.05, 0) is 37.3 Å². The van der Waals surface area contributed by atoms with Crippen LogP contribution in [0.25, 0.3) is 0 Å². The standard InChI is InChI=1S/C17H26N2O/c1-14-8-6-7-9-15(14)12-13-18-17(20)19(2)16-10-4-3-5-11-16/h6-9,16H,3-5,10-13H2,1-2H3,(H,18,20). The predicted molar refractivity (Wildman–Crippen MR) is 82.9 cm³/mol. The zero-order chi connectivity index (χ0) is 14.4. The summed E-state index contributed by atoms with van der Waals surface area (Å²) in [5.41, 5.74) is 2.61. The molecule has 0 heterocycles. The molecule has 3 heteroatoms. The SMILES string of the molecule is Cc1ccccc1CCNC(=O)N(C)C1CCCCC1. The van der Waals surface area contributed by atoms with E-state index in [0.29, 0.717) is 12.6 Å². The Morgan fingerprint density at radius 3 is 2.65 bits per heavy atom. The number of amides is 2. The first-order valence-electron chi connectivity index (χ1n) is 7.73. The van der Waals surface area contributed by atoms with E-state index in [-0.39, 0.29) is 6.03 Å². The van der Waals surface area contributed by atoms with Crippen molar-refractivity contribution in [2.24, 2.45) is 0 Å². The Hall–Kier alpha value is -1.51. The number of aryl methyl sites for hydroxylation is 1. The topological polar surface area (TPSA) is 32.3 Å². The van der Waals surface area contributed by atoms with Gasteiger partial charge in [-0.1, -0.05) is 43.5 Å². The highest BCUT2D eigenvalue weighted by molar-refractivity contribution is 5.74. The van der Waals surface area contributed by atoms with Gasteiger partial charge in [0.25, 0.3) is 0 Å². The first kappa shape index (κ1) is 14.9. The molecule has 0 spiro atoms. The Balaban J connectivity index is 1.76. The summed E-state index contributed by atoms with van der Waals surface area (Å²) in [4.78, 5) is 14.0. The van der Waals surface area contributed by atoms with E-state index < -0.39 is 0 Å². The van der Waals surface area contributed by atoms with Gasteiger partial charge in [-0.2, -0.15) is 0 Å². The minimum atomic E-state index is 0.0745. The van der Waals surface area contributed by atoms with Gasteiger partial charge in [0, 0.05) is 19.6 Å². The molecule has 1 aliphatic rings. The predicted octanol–water partition coefficient (Wildman–Crippen LogP) is 3.51. The molecule has 1 fully saturated rings. The highest BCUT2D eigenvalue weighted by Gasteiger charge is 2.21. The highest BCUT2D eigenvalue weighted by atomic mass is 16.2. The van der Waals surface area contributed by atoms with Gasteiger partial charge in [0.05, 0.1) is 0 Å². The maximum Gasteiger partial charge on any atom is 0.317 e. The molecular weight excluding hydrogens is 248 g/mol. The summed E-state index contributed by atoms with van der Waals surface area (Å²) in [5, 5.41) is 3.04. The average Bonchev–Trinajstić information content (AvgIpc) is 2.49. The molecule has 0 aromatic heterocycles. The number of nitrogens with zero attached hydrogens (tertiary/aromatic N) is 1. The monoisotopic (exact) mass is 274 g/mol. The first-order chi connectivity index (χ1) is 9.68. The van der Waals surface area contributed by atoms with Gasteiger partial charge in [-0.25, -0.2) is 4.79 Å². The summed E-state index contributed by atoms with van der Waals surface area (Å²) in [5.74, 6) is 0. The number of benzene rings is 1. The van der Waals surface area contributed by atoms with Crippen molar-refractivity contribution in [2.75, 3.05) is 13.6 Å². The largest absolute Gasteiger partial charge is 0.338 e. The van der Waals surface area contributed by atoms with E-state index in [2.05, 4.69) is 30.4 Å². The zero-order valence-corrected chi connectivity index (χ0v) is 12.7. The summed E-state index contributed by atoms with van der Waals surface area (Å²) in [6.45, 7) is 2.83. The van der Waals surface area contributed by atoms with Crippen molar-refractivity contribution in [1.29, 1.82) is 0 Å². The smallest absolute Gasteiger partial charge is 0.317 e. The third-order valence-corrected chi connectivity index (χ3v) is 4.37. The van der Waals surface area contributed by atoms with E-state index in [9.17, 15) is 4.79 Å². The van der Waals surface area contributed by atoms with Crippen LogP contribution in [-0.4, -0.2) is 30.6 Å². The van der Waals surface area contributed by atoms with Crippen LogP contribution in [0.2, 0.25) is 0 Å². The molecule has 110 valence electrons. The Bertz CT molecular complexity index is 438. The minimum Gasteiger partial charge on any atom is -0.338 e. The Kier molecular flexibility index (Phi) is 5.45. The maximum absolute atomic E-state index is 12.1. The quantitative estimate of drug-likeness (QED) is 0.895. The molecule has 0 aliphatic heterocycles. The fourth-order valence-electron chi connectivity index (χ4n) is 2.95. The number of carbonyl (C=O) groups excluding carboxylic acids is 1. The van der Waals surface area contributed by atoms with Crippen molar-refractivity contribution in [3.8, 4) is 0 Å². The Morgan fingerprint density at radius 2 is 1.95 bits per heavy atom. The second kappa shape index (κ2) is 7.32. The van der Waals surface area contributed by atoms with E-state index in [1.165, 1.54) is 30.4 Å². The number of hydrogen-bond acceptors (Lipinski definition) is 1. The van der Waals surface area contributed by atoms with Crippen molar-refractivity contribution in [3.05, 3.63) is 35.4 Å². The van der Waals surface area contributed by atoms with E-state index in [1.807, 2.05) is 18.0 Å². The van der Waals surface area contributed by atoms with Crippen molar-refractivity contribution in [2.45, 2.75) is 51.5 Å². The van der Waals surface area contributed by atoms with E-state index in [0.717, 1.165) is 19.3 Å². The molecule has 1 aromatic carbocycles. The highest BCUT2D eigenvalue weighted by Crippen LogP contribution is 2.21. The van der Waals surface area contributed by atoms with Crippen LogP contribution in [0, 0.1) is 6.92 Å². The first-order valence-corrected chi connectivity index (χ1v) is 7.73. The fraction of sp³-hybridized carbons (Fsp3) is 0.588. The molecular formula is C17H26N2O. The lowest BCUT2D eigenvalue weighted by Gasteiger charge is -2.31. The molecule has 2 amide bonds. The number of carbonyl (C=O) groups is 1. The summed E-state index contributed by atoms with van der Waals surface area (Å²) >= 11 is 0. The number of nitrogens with one attached hydrogen (secondary N) is 1. The molecule has 0 saturated heterocycles. The van der Waals surface area contributed by atoms with Gasteiger partial charge in [0.2, 0.25) is 0 Å². The van der Waals surface area contributed by atoms with E-state index >= 15 is 0 Å². The number of hydrogen-bond donors (Lipinski definition) is 1. The van der Waals surface area contributed by atoms with Crippen LogP contribution in [0.4, 0.5) is 4.79 Å². The Labute approximate surface area is 122 Å². The van der Waals surface area contributed by atoms with Gasteiger partial charge in [0.1, 0.15) is 0 Å². The molecule has 0 radical (unpaired) electrons. The van der Waals surface area contributed by atoms with E-state index in [4.69, 9.17) is 0 Å². The van der Waals surface area contributed by atoms with Crippen molar-refractivity contribution in [1.82, 2.24) is 10.2 Å². The molecule has 0 atom stereocenters. The number of urea groups is 1. The second-order valence-electron chi connectivity index (χ2n) is 5.81. The zero-order valence-electron chi connectivity index (χ0n) is 12.7. The normalized spacial score (nSPS) is 15.9. The minimum absolute atomic E-state index is 0.0745. The lowest BCUT2D eigenvalue weighted by Crippen LogP contribution is -2.44. The van der Waals surface area contributed by atoms with Gasteiger partial charge in [-0.3, -0.25) is 0 Å². The van der Waals surface area contributed by atoms with Crippen LogP contribution in [-0.2, 0) is 6.42 Å².